The van der Waals surface area contributed by atoms with Gasteiger partial charge in [0.25, 0.3) is 0 Å². The van der Waals surface area contributed by atoms with Gasteiger partial charge in [-0.15, -0.1) is 0 Å². The molecule has 0 fully saturated rings. The fourth-order valence-electron chi connectivity index (χ4n) is 2.33. The van der Waals surface area contributed by atoms with E-state index in [1.165, 1.54) is 11.1 Å². The Balaban J connectivity index is 1.85. The number of hydrogen-bond acceptors (Lipinski definition) is 4. The standard InChI is InChI=1S/C17H17N3O/c1-13-16(20-21-19-13)12-18-17(14-8-4-2-5-9-14)15-10-6-3-7-11-15/h2-11,17-18H,12H2,1H3. The predicted molar refractivity (Wildman–Crippen MR) is 80.6 cm³/mol. The van der Waals surface area contributed by atoms with Crippen molar-refractivity contribution in [3.8, 4) is 0 Å². The molecule has 0 radical (unpaired) electrons. The molecule has 4 nitrogen and oxygen atoms in total. The van der Waals surface area contributed by atoms with Crippen LogP contribution in [0.25, 0.3) is 0 Å². The molecule has 21 heavy (non-hydrogen) atoms. The summed E-state index contributed by atoms with van der Waals surface area (Å²) in [6.45, 7) is 2.51. The van der Waals surface area contributed by atoms with Crippen molar-refractivity contribution in [1.82, 2.24) is 15.6 Å². The van der Waals surface area contributed by atoms with Gasteiger partial charge in [-0.2, -0.15) is 0 Å². The van der Waals surface area contributed by atoms with Crippen molar-refractivity contribution in [2.24, 2.45) is 0 Å². The fraction of sp³-hybridized carbons (Fsp3) is 0.176. The Kier molecular flexibility index (Phi) is 4.07. The van der Waals surface area contributed by atoms with Gasteiger partial charge in [0, 0.05) is 6.54 Å². The lowest BCUT2D eigenvalue weighted by atomic mass is 9.98. The molecular weight excluding hydrogens is 262 g/mol. The first-order valence-electron chi connectivity index (χ1n) is 6.96. The van der Waals surface area contributed by atoms with Crippen molar-refractivity contribution >= 4 is 0 Å². The molecule has 0 atom stereocenters. The molecule has 0 bridgehead atoms. The first-order valence-corrected chi connectivity index (χ1v) is 6.96. The van der Waals surface area contributed by atoms with E-state index in [4.69, 9.17) is 4.63 Å². The molecule has 0 amide bonds. The minimum atomic E-state index is 0.114. The van der Waals surface area contributed by atoms with Crippen LogP contribution in [0.1, 0.15) is 28.6 Å². The molecule has 106 valence electrons. The normalized spacial score (nSPS) is 11.0. The first-order chi connectivity index (χ1) is 10.3. The second kappa shape index (κ2) is 6.33. The zero-order valence-corrected chi connectivity index (χ0v) is 11.9. The van der Waals surface area contributed by atoms with Crippen LogP contribution in [0.2, 0.25) is 0 Å². The molecule has 3 rings (SSSR count). The van der Waals surface area contributed by atoms with Crippen LogP contribution in [0, 0.1) is 6.92 Å². The highest BCUT2D eigenvalue weighted by molar-refractivity contribution is 5.31. The lowest BCUT2D eigenvalue weighted by Crippen LogP contribution is -2.22. The van der Waals surface area contributed by atoms with E-state index in [0.717, 1.165) is 11.4 Å². The number of benzene rings is 2. The third kappa shape index (κ3) is 3.17. The first kappa shape index (κ1) is 13.5. The Morgan fingerprint density at radius 3 is 1.95 bits per heavy atom. The van der Waals surface area contributed by atoms with E-state index < -0.39 is 0 Å². The van der Waals surface area contributed by atoms with Crippen LogP contribution in [-0.2, 0) is 6.54 Å². The summed E-state index contributed by atoms with van der Waals surface area (Å²) in [5, 5.41) is 11.3. The largest absolute Gasteiger partial charge is 0.300 e. The molecule has 1 aromatic heterocycles. The minimum Gasteiger partial charge on any atom is -0.300 e. The van der Waals surface area contributed by atoms with E-state index in [0.29, 0.717) is 6.54 Å². The zero-order chi connectivity index (χ0) is 14.5. The van der Waals surface area contributed by atoms with Gasteiger partial charge in [0.15, 0.2) is 0 Å². The number of nitrogens with zero attached hydrogens (tertiary/aromatic N) is 2. The van der Waals surface area contributed by atoms with Crippen LogP contribution >= 0.6 is 0 Å². The number of rotatable bonds is 5. The number of hydrogen-bond donors (Lipinski definition) is 1. The summed E-state index contributed by atoms with van der Waals surface area (Å²) in [4.78, 5) is 0. The van der Waals surface area contributed by atoms with Gasteiger partial charge < -0.3 is 5.32 Å². The Morgan fingerprint density at radius 1 is 0.905 bits per heavy atom. The minimum absolute atomic E-state index is 0.114. The van der Waals surface area contributed by atoms with Gasteiger partial charge in [-0.05, 0) is 18.1 Å². The van der Waals surface area contributed by atoms with Crippen molar-refractivity contribution in [2.45, 2.75) is 19.5 Å². The van der Waals surface area contributed by atoms with E-state index in [1.807, 2.05) is 19.1 Å². The number of aryl methyl sites for hydroxylation is 1. The van der Waals surface area contributed by atoms with Crippen molar-refractivity contribution in [2.75, 3.05) is 0 Å². The number of aromatic nitrogens is 2. The summed E-state index contributed by atoms with van der Waals surface area (Å²) in [6, 6.07) is 20.9. The lowest BCUT2D eigenvalue weighted by molar-refractivity contribution is 0.300. The molecule has 0 aliphatic rings. The zero-order valence-electron chi connectivity index (χ0n) is 11.9. The third-order valence-electron chi connectivity index (χ3n) is 3.49. The second-order valence-corrected chi connectivity index (χ2v) is 4.93. The van der Waals surface area contributed by atoms with Gasteiger partial charge >= 0.3 is 0 Å². The molecule has 0 spiro atoms. The van der Waals surface area contributed by atoms with Crippen molar-refractivity contribution in [3.63, 3.8) is 0 Å². The average molecular weight is 279 g/mol. The van der Waals surface area contributed by atoms with Crippen LogP contribution in [0.3, 0.4) is 0 Å². The Bertz CT molecular complexity index is 640. The summed E-state index contributed by atoms with van der Waals surface area (Å²) >= 11 is 0. The summed E-state index contributed by atoms with van der Waals surface area (Å²) in [6.07, 6.45) is 0. The van der Waals surface area contributed by atoms with Crippen molar-refractivity contribution < 1.29 is 4.63 Å². The van der Waals surface area contributed by atoms with E-state index in [-0.39, 0.29) is 6.04 Å². The van der Waals surface area contributed by atoms with Gasteiger partial charge in [0.05, 0.1) is 6.04 Å². The van der Waals surface area contributed by atoms with E-state index >= 15 is 0 Å². The maximum Gasteiger partial charge on any atom is 0.121 e. The summed E-state index contributed by atoms with van der Waals surface area (Å²) in [7, 11) is 0. The predicted octanol–water partition coefficient (Wildman–Crippen LogP) is 3.26. The van der Waals surface area contributed by atoms with E-state index in [2.05, 4.69) is 64.2 Å². The monoisotopic (exact) mass is 279 g/mol. The molecule has 0 aliphatic heterocycles. The second-order valence-electron chi connectivity index (χ2n) is 4.93. The van der Waals surface area contributed by atoms with Crippen molar-refractivity contribution in [1.29, 1.82) is 0 Å². The average Bonchev–Trinajstić information content (AvgIpc) is 2.95. The maximum atomic E-state index is 4.75. The van der Waals surface area contributed by atoms with E-state index in [9.17, 15) is 0 Å². The van der Waals surface area contributed by atoms with Gasteiger partial charge in [-0.3, -0.25) is 0 Å². The summed E-state index contributed by atoms with van der Waals surface area (Å²) in [5.41, 5.74) is 4.10. The molecule has 0 saturated carbocycles. The van der Waals surface area contributed by atoms with Gasteiger partial charge in [-0.25, -0.2) is 4.63 Å². The van der Waals surface area contributed by atoms with Gasteiger partial charge in [0.2, 0.25) is 0 Å². The molecule has 0 aliphatic carbocycles. The quantitative estimate of drug-likeness (QED) is 0.779. The Hall–Kier alpha value is -2.46. The SMILES string of the molecule is Cc1nonc1CNC(c1ccccc1)c1ccccc1. The van der Waals surface area contributed by atoms with E-state index in [1.54, 1.807) is 0 Å². The van der Waals surface area contributed by atoms with Crippen molar-refractivity contribution in [3.05, 3.63) is 83.2 Å². The van der Waals surface area contributed by atoms with Gasteiger partial charge in [-0.1, -0.05) is 71.0 Å². The van der Waals surface area contributed by atoms with Crippen LogP contribution in [-0.4, -0.2) is 10.3 Å². The Morgan fingerprint density at radius 2 is 1.48 bits per heavy atom. The van der Waals surface area contributed by atoms with Crippen LogP contribution in [0.4, 0.5) is 0 Å². The topological polar surface area (TPSA) is 51.0 Å². The molecule has 0 saturated heterocycles. The third-order valence-corrected chi connectivity index (χ3v) is 3.49. The highest BCUT2D eigenvalue weighted by Crippen LogP contribution is 2.22. The molecule has 4 heteroatoms. The molecule has 0 unspecified atom stereocenters. The smallest absolute Gasteiger partial charge is 0.121 e. The maximum absolute atomic E-state index is 4.75. The molecule has 1 heterocycles. The van der Waals surface area contributed by atoms with Crippen LogP contribution in [0.15, 0.2) is 65.3 Å². The van der Waals surface area contributed by atoms with Gasteiger partial charge in [0.1, 0.15) is 11.4 Å². The summed E-state index contributed by atoms with van der Waals surface area (Å²) in [5.74, 6) is 0. The molecule has 1 N–H and O–H groups in total. The highest BCUT2D eigenvalue weighted by atomic mass is 16.6. The highest BCUT2D eigenvalue weighted by Gasteiger charge is 2.14. The molecular formula is C17H17N3O. The summed E-state index contributed by atoms with van der Waals surface area (Å²) < 4.78 is 4.75. The number of nitrogens with one attached hydrogen (secondary N) is 1. The fourth-order valence-corrected chi connectivity index (χ4v) is 2.33. The lowest BCUT2D eigenvalue weighted by Gasteiger charge is -2.19. The molecule has 2 aromatic carbocycles. The van der Waals surface area contributed by atoms with Crippen LogP contribution in [0.5, 0.6) is 0 Å². The van der Waals surface area contributed by atoms with Crippen LogP contribution < -0.4 is 5.32 Å². The Labute approximate surface area is 123 Å². The molecule has 3 aromatic rings.